The van der Waals surface area contributed by atoms with Gasteiger partial charge in [-0.05, 0) is 50.9 Å². The average molecular weight is 569 g/mol. The first-order valence-electron chi connectivity index (χ1n) is 12.3. The molecule has 3 rings (SSSR count). The summed E-state index contributed by atoms with van der Waals surface area (Å²) in [7, 11) is 4.08. The highest BCUT2D eigenvalue weighted by Gasteiger charge is 2.16. The Morgan fingerprint density at radius 3 is 2.33 bits per heavy atom. The maximum Gasteiger partial charge on any atom is 0.247 e. The Labute approximate surface area is 235 Å². The molecule has 1 aromatic heterocycles. The second-order valence-electron chi connectivity index (χ2n) is 9.43. The maximum absolute atomic E-state index is 12.2. The molecule has 3 aromatic rings. The van der Waals surface area contributed by atoms with Gasteiger partial charge in [-0.15, -0.1) is 0 Å². The lowest BCUT2D eigenvalue weighted by Crippen LogP contribution is -2.29. The van der Waals surface area contributed by atoms with Crippen molar-refractivity contribution in [3.8, 4) is 5.75 Å². The van der Waals surface area contributed by atoms with E-state index in [1.54, 1.807) is 31.4 Å². The van der Waals surface area contributed by atoms with Gasteiger partial charge in [0.1, 0.15) is 23.7 Å². The van der Waals surface area contributed by atoms with Gasteiger partial charge in [-0.1, -0.05) is 12.6 Å². The summed E-state index contributed by atoms with van der Waals surface area (Å²) in [5, 5.41) is 9.28. The Kier molecular flexibility index (Phi) is 9.91. The van der Waals surface area contributed by atoms with Gasteiger partial charge in [-0.3, -0.25) is 9.52 Å². The van der Waals surface area contributed by atoms with Crippen LogP contribution in [0.1, 0.15) is 5.56 Å². The summed E-state index contributed by atoms with van der Waals surface area (Å²) in [5.41, 5.74) is 3.82. The van der Waals surface area contributed by atoms with Crippen LogP contribution in [-0.4, -0.2) is 76.8 Å². The molecular weight excluding hydrogens is 532 g/mol. The van der Waals surface area contributed by atoms with E-state index in [0.29, 0.717) is 40.1 Å². The van der Waals surface area contributed by atoms with Gasteiger partial charge in [0.25, 0.3) is 0 Å². The van der Waals surface area contributed by atoms with Gasteiger partial charge in [-0.25, -0.2) is 18.4 Å². The molecule has 1 amide bonds. The second kappa shape index (κ2) is 13.1. The molecule has 0 radical (unpaired) electrons. The highest BCUT2D eigenvalue weighted by molar-refractivity contribution is 7.92. The Balaban J connectivity index is 1.90. The molecule has 214 valence electrons. The Hall–Kier alpha value is -4.36. The number of nitrogens with one attached hydrogen (secondary N) is 4. The number of hydrogen-bond acceptors (Lipinski definition) is 10. The third kappa shape index (κ3) is 8.58. The van der Waals surface area contributed by atoms with Gasteiger partial charge >= 0.3 is 0 Å². The number of methoxy groups -OCH3 is 1. The monoisotopic (exact) mass is 568 g/mol. The van der Waals surface area contributed by atoms with Crippen molar-refractivity contribution in [3.63, 3.8) is 0 Å². The van der Waals surface area contributed by atoms with Crippen LogP contribution < -0.4 is 30.3 Å². The average Bonchev–Trinajstić information content (AvgIpc) is 2.88. The van der Waals surface area contributed by atoms with Crippen molar-refractivity contribution in [2.45, 2.75) is 6.92 Å². The van der Waals surface area contributed by atoms with Crippen LogP contribution >= 0.6 is 0 Å². The topological polar surface area (TPSA) is 141 Å². The van der Waals surface area contributed by atoms with Crippen LogP contribution in [0.2, 0.25) is 0 Å². The first kappa shape index (κ1) is 30.2. The fourth-order valence-electron chi connectivity index (χ4n) is 3.70. The molecular formula is C27H36N8O4S. The minimum atomic E-state index is -3.43. The maximum atomic E-state index is 12.2. The van der Waals surface area contributed by atoms with Crippen molar-refractivity contribution in [1.29, 1.82) is 0 Å². The number of hydrogen-bond donors (Lipinski definition) is 4. The lowest BCUT2D eigenvalue weighted by Gasteiger charge is -2.26. The van der Waals surface area contributed by atoms with E-state index in [2.05, 4.69) is 42.1 Å². The molecule has 0 aliphatic carbocycles. The molecule has 12 nitrogen and oxygen atoms in total. The van der Waals surface area contributed by atoms with Crippen molar-refractivity contribution in [3.05, 3.63) is 60.9 Å². The molecule has 40 heavy (non-hydrogen) atoms. The van der Waals surface area contributed by atoms with Crippen molar-refractivity contribution in [2.24, 2.45) is 0 Å². The van der Waals surface area contributed by atoms with Crippen LogP contribution in [0.25, 0.3) is 0 Å². The molecule has 0 fully saturated rings. The minimum Gasteiger partial charge on any atom is -0.494 e. The first-order valence-corrected chi connectivity index (χ1v) is 14.2. The quantitative estimate of drug-likeness (QED) is 0.225. The number of ether oxygens (including phenoxy) is 1. The smallest absolute Gasteiger partial charge is 0.247 e. The van der Waals surface area contributed by atoms with Crippen molar-refractivity contribution >= 4 is 56.0 Å². The van der Waals surface area contributed by atoms with Crippen molar-refractivity contribution in [2.75, 3.05) is 73.2 Å². The lowest BCUT2D eigenvalue weighted by atomic mass is 10.2. The largest absolute Gasteiger partial charge is 0.494 e. The lowest BCUT2D eigenvalue weighted by molar-refractivity contribution is -0.111. The number of sulfonamides is 1. The summed E-state index contributed by atoms with van der Waals surface area (Å²) in [6.45, 7) is 6.91. The third-order valence-electron chi connectivity index (χ3n) is 5.79. The van der Waals surface area contributed by atoms with Gasteiger partial charge < -0.3 is 30.5 Å². The fraction of sp³-hybridized carbons (Fsp3) is 0.296. The number of likely N-dealkylation sites (N-methyl/N-ethyl adjacent to an activating group) is 2. The number of carbonyl (C=O) groups is 1. The van der Waals surface area contributed by atoms with Gasteiger partial charge in [0.15, 0.2) is 0 Å². The summed E-state index contributed by atoms with van der Waals surface area (Å²) in [6, 6.07) is 10.6. The molecule has 0 aliphatic heterocycles. The molecule has 0 unspecified atom stereocenters. The first-order chi connectivity index (χ1) is 18.9. The van der Waals surface area contributed by atoms with E-state index in [4.69, 9.17) is 4.74 Å². The number of aromatic nitrogens is 2. The van der Waals surface area contributed by atoms with E-state index in [1.165, 1.54) is 12.4 Å². The SMILES string of the molecule is C=CC(=O)Nc1cc(Nc2cc(Nc3ccc(C)c(NS(C)(=O)=O)c3)ncn2)c(OC)cc1N(C)CCN(C)C. The van der Waals surface area contributed by atoms with Gasteiger partial charge in [0.2, 0.25) is 15.9 Å². The van der Waals surface area contributed by atoms with Crippen LogP contribution in [-0.2, 0) is 14.8 Å². The number of amides is 1. The van der Waals surface area contributed by atoms with Crippen molar-refractivity contribution in [1.82, 2.24) is 14.9 Å². The van der Waals surface area contributed by atoms with Crippen molar-refractivity contribution < 1.29 is 17.9 Å². The molecule has 0 spiro atoms. The summed E-state index contributed by atoms with van der Waals surface area (Å²) in [5.74, 6) is 1.15. The van der Waals surface area contributed by atoms with Gasteiger partial charge in [0.05, 0.1) is 36.1 Å². The highest BCUT2D eigenvalue weighted by Crippen LogP contribution is 2.38. The zero-order valence-corrected chi connectivity index (χ0v) is 24.4. The number of aryl methyl sites for hydroxylation is 1. The molecule has 0 atom stereocenters. The van der Waals surface area contributed by atoms with Crippen LogP contribution in [0.3, 0.4) is 0 Å². The number of benzene rings is 2. The van der Waals surface area contributed by atoms with E-state index in [-0.39, 0.29) is 5.91 Å². The Morgan fingerprint density at radius 1 is 1.00 bits per heavy atom. The predicted octanol–water partition coefficient (Wildman–Crippen LogP) is 3.77. The van der Waals surface area contributed by atoms with E-state index in [1.807, 2.05) is 45.1 Å². The molecule has 2 aromatic carbocycles. The number of carbonyl (C=O) groups excluding carboxylic acids is 1. The normalized spacial score (nSPS) is 11.1. The van der Waals surface area contributed by atoms with Gasteiger partial charge in [-0.2, -0.15) is 0 Å². The molecule has 0 aliphatic rings. The summed E-state index contributed by atoms with van der Waals surface area (Å²) < 4.78 is 31.6. The zero-order chi connectivity index (χ0) is 29.4. The standard InChI is InChI=1S/C27H36N8O4S/c1-8-27(36)32-21-14-22(24(39-6)15-23(21)35(5)12-11-34(3)4)31-26-16-25(28-17-29-26)30-19-10-9-18(2)20(13-19)33-40(7,37)38/h8-10,13-17,33H,1,11-12H2,2-7H3,(H,32,36)(H2,28,29,30,31). The zero-order valence-electron chi connectivity index (χ0n) is 23.6. The Bertz CT molecular complexity index is 1480. The van der Waals surface area contributed by atoms with E-state index in [0.717, 1.165) is 30.6 Å². The van der Waals surface area contributed by atoms with Crippen LogP contribution in [0, 0.1) is 6.92 Å². The van der Waals surface area contributed by atoms with Crippen LogP contribution in [0.15, 0.2) is 55.4 Å². The number of anilines is 7. The van der Waals surface area contributed by atoms with Crippen LogP contribution in [0.4, 0.5) is 40.1 Å². The molecule has 0 bridgehead atoms. The fourth-order valence-corrected chi connectivity index (χ4v) is 4.31. The Morgan fingerprint density at radius 2 is 1.70 bits per heavy atom. The highest BCUT2D eigenvalue weighted by atomic mass is 32.2. The molecule has 4 N–H and O–H groups in total. The van der Waals surface area contributed by atoms with E-state index >= 15 is 0 Å². The van der Waals surface area contributed by atoms with Crippen LogP contribution in [0.5, 0.6) is 5.75 Å². The predicted molar refractivity (Wildman–Crippen MR) is 162 cm³/mol. The molecule has 0 saturated heterocycles. The van der Waals surface area contributed by atoms with Gasteiger partial charge in [0, 0.05) is 38.0 Å². The summed E-state index contributed by atoms with van der Waals surface area (Å²) in [4.78, 5) is 24.9. The number of nitrogens with zero attached hydrogens (tertiary/aromatic N) is 4. The van der Waals surface area contributed by atoms with E-state index in [9.17, 15) is 13.2 Å². The molecule has 0 saturated carbocycles. The minimum absolute atomic E-state index is 0.338. The summed E-state index contributed by atoms with van der Waals surface area (Å²) >= 11 is 0. The summed E-state index contributed by atoms with van der Waals surface area (Å²) in [6.07, 6.45) is 3.71. The third-order valence-corrected chi connectivity index (χ3v) is 6.38. The van der Waals surface area contributed by atoms with E-state index < -0.39 is 10.0 Å². The number of rotatable bonds is 13. The molecule has 1 heterocycles. The molecule has 13 heteroatoms. The second-order valence-corrected chi connectivity index (χ2v) is 11.2.